The number of nitrogen functional groups attached to an aromatic ring is 1. The molecule has 3 nitrogen and oxygen atoms in total. The molecule has 6 heteroatoms. The lowest BCUT2D eigenvalue weighted by molar-refractivity contribution is 0.515. The van der Waals surface area contributed by atoms with Gasteiger partial charge in [0.25, 0.3) is 0 Å². The number of H-pyrrole nitrogens is 1. The van der Waals surface area contributed by atoms with Crippen molar-refractivity contribution in [3.63, 3.8) is 0 Å². The van der Waals surface area contributed by atoms with Gasteiger partial charge >= 0.3 is 0 Å². The zero-order valence-corrected chi connectivity index (χ0v) is 9.55. The van der Waals surface area contributed by atoms with Gasteiger partial charge in [0.1, 0.15) is 17.2 Å². The molecule has 0 fully saturated rings. The van der Waals surface area contributed by atoms with Gasteiger partial charge < -0.3 is 10.7 Å². The van der Waals surface area contributed by atoms with Gasteiger partial charge in [-0.1, -0.05) is 0 Å². The second-order valence-corrected chi connectivity index (χ2v) is 4.08. The number of hydrogen-bond acceptors (Lipinski definition) is 2. The molecule has 0 saturated carbocycles. The molecule has 2 aromatic carbocycles. The number of anilines is 1. The first-order valence-electron chi connectivity index (χ1n) is 5.45. The number of halogens is 3. The van der Waals surface area contributed by atoms with E-state index in [1.807, 2.05) is 0 Å². The standard InChI is InChI=1S/C13H8F3N3/c14-8-3-4-10-12(11(8)16)19-13(18-10)7-2-1-6(17)5-9(7)15/h1-5H,17H2,(H,18,19). The van der Waals surface area contributed by atoms with Gasteiger partial charge in [0.2, 0.25) is 0 Å². The molecule has 0 spiro atoms. The maximum Gasteiger partial charge on any atom is 0.186 e. The van der Waals surface area contributed by atoms with E-state index in [2.05, 4.69) is 9.97 Å². The first-order chi connectivity index (χ1) is 9.06. The van der Waals surface area contributed by atoms with Gasteiger partial charge in [0, 0.05) is 5.69 Å². The minimum absolute atomic E-state index is 0.122. The van der Waals surface area contributed by atoms with Gasteiger partial charge in [-0.05, 0) is 30.3 Å². The summed E-state index contributed by atoms with van der Waals surface area (Å²) in [4.78, 5) is 6.62. The zero-order chi connectivity index (χ0) is 13.6. The first-order valence-corrected chi connectivity index (χ1v) is 5.45. The third-order valence-corrected chi connectivity index (χ3v) is 2.79. The van der Waals surface area contributed by atoms with Gasteiger partial charge in [-0.15, -0.1) is 0 Å². The number of nitrogens with one attached hydrogen (secondary N) is 1. The van der Waals surface area contributed by atoms with Crippen molar-refractivity contribution >= 4 is 16.7 Å². The average molecular weight is 263 g/mol. The predicted molar refractivity (Wildman–Crippen MR) is 65.8 cm³/mol. The van der Waals surface area contributed by atoms with E-state index in [9.17, 15) is 13.2 Å². The fraction of sp³-hybridized carbons (Fsp3) is 0. The second-order valence-electron chi connectivity index (χ2n) is 4.08. The maximum atomic E-state index is 13.7. The molecular formula is C13H8F3N3. The fourth-order valence-corrected chi connectivity index (χ4v) is 1.87. The Kier molecular flexibility index (Phi) is 2.45. The molecular weight excluding hydrogens is 255 g/mol. The Hall–Kier alpha value is -2.50. The number of rotatable bonds is 1. The summed E-state index contributed by atoms with van der Waals surface area (Å²) in [6.07, 6.45) is 0. The van der Waals surface area contributed by atoms with Crippen LogP contribution < -0.4 is 5.73 Å². The van der Waals surface area contributed by atoms with Crippen LogP contribution in [0.5, 0.6) is 0 Å². The van der Waals surface area contributed by atoms with Crippen LogP contribution in [0, 0.1) is 17.5 Å². The zero-order valence-electron chi connectivity index (χ0n) is 9.55. The molecule has 3 N–H and O–H groups in total. The minimum atomic E-state index is -1.06. The molecule has 0 aliphatic rings. The molecule has 1 heterocycles. The van der Waals surface area contributed by atoms with Crippen molar-refractivity contribution in [1.29, 1.82) is 0 Å². The molecule has 0 radical (unpaired) electrons. The van der Waals surface area contributed by atoms with Crippen molar-refractivity contribution in [2.24, 2.45) is 0 Å². The van der Waals surface area contributed by atoms with Gasteiger partial charge in [0.05, 0.1) is 11.1 Å². The summed E-state index contributed by atoms with van der Waals surface area (Å²) >= 11 is 0. The Morgan fingerprint density at radius 2 is 1.79 bits per heavy atom. The largest absolute Gasteiger partial charge is 0.399 e. The molecule has 0 bridgehead atoms. The summed E-state index contributed by atoms with van der Waals surface area (Å²) in [6.45, 7) is 0. The van der Waals surface area contributed by atoms with Crippen LogP contribution in [0.15, 0.2) is 30.3 Å². The highest BCUT2D eigenvalue weighted by Gasteiger charge is 2.14. The van der Waals surface area contributed by atoms with Crippen molar-refractivity contribution in [2.45, 2.75) is 0 Å². The number of nitrogens with zero attached hydrogens (tertiary/aromatic N) is 1. The summed E-state index contributed by atoms with van der Waals surface area (Å²) in [6, 6.07) is 6.40. The van der Waals surface area contributed by atoms with E-state index in [0.29, 0.717) is 5.52 Å². The maximum absolute atomic E-state index is 13.7. The molecule has 3 aromatic rings. The van der Waals surface area contributed by atoms with Gasteiger partial charge in [0.15, 0.2) is 11.6 Å². The highest BCUT2D eigenvalue weighted by molar-refractivity contribution is 5.80. The van der Waals surface area contributed by atoms with Gasteiger partial charge in [-0.2, -0.15) is 0 Å². The number of imidazole rings is 1. The Morgan fingerprint density at radius 1 is 1.00 bits per heavy atom. The number of nitrogens with two attached hydrogens (primary N) is 1. The molecule has 0 atom stereocenters. The topological polar surface area (TPSA) is 54.7 Å². The molecule has 0 saturated heterocycles. The van der Waals surface area contributed by atoms with E-state index in [1.165, 1.54) is 18.2 Å². The lowest BCUT2D eigenvalue weighted by atomic mass is 10.2. The van der Waals surface area contributed by atoms with Crippen LogP contribution in [-0.2, 0) is 0 Å². The first kappa shape index (κ1) is 11.6. The van der Waals surface area contributed by atoms with Gasteiger partial charge in [-0.25, -0.2) is 18.2 Å². The third kappa shape index (κ3) is 1.81. The lowest BCUT2D eigenvalue weighted by Crippen LogP contribution is -1.90. The van der Waals surface area contributed by atoms with E-state index in [0.717, 1.165) is 12.1 Å². The number of hydrogen-bond donors (Lipinski definition) is 2. The van der Waals surface area contributed by atoms with Crippen molar-refractivity contribution in [3.05, 3.63) is 47.8 Å². The Bertz CT molecular complexity index is 780. The molecule has 0 aliphatic heterocycles. The van der Waals surface area contributed by atoms with E-state index in [4.69, 9.17) is 5.73 Å². The van der Waals surface area contributed by atoms with Crippen LogP contribution in [0.25, 0.3) is 22.4 Å². The number of aromatic nitrogens is 2. The van der Waals surface area contributed by atoms with Crippen molar-refractivity contribution < 1.29 is 13.2 Å². The molecule has 19 heavy (non-hydrogen) atoms. The number of fused-ring (bicyclic) bond motifs is 1. The molecule has 0 amide bonds. The summed E-state index contributed by atoms with van der Waals surface area (Å²) in [7, 11) is 0. The second kappa shape index (κ2) is 4.01. The van der Waals surface area contributed by atoms with Crippen LogP contribution >= 0.6 is 0 Å². The summed E-state index contributed by atoms with van der Waals surface area (Å²) in [5.74, 6) is -2.52. The van der Waals surface area contributed by atoms with Crippen LogP contribution in [0.4, 0.5) is 18.9 Å². The minimum Gasteiger partial charge on any atom is -0.399 e. The Morgan fingerprint density at radius 3 is 2.53 bits per heavy atom. The molecule has 3 rings (SSSR count). The van der Waals surface area contributed by atoms with Gasteiger partial charge in [-0.3, -0.25) is 0 Å². The van der Waals surface area contributed by atoms with E-state index >= 15 is 0 Å². The van der Waals surface area contributed by atoms with Crippen LogP contribution in [-0.4, -0.2) is 9.97 Å². The van der Waals surface area contributed by atoms with E-state index < -0.39 is 17.5 Å². The third-order valence-electron chi connectivity index (χ3n) is 2.79. The Labute approximate surface area is 105 Å². The SMILES string of the molecule is Nc1ccc(-c2nc3c(F)c(F)ccc3[nH]2)c(F)c1. The Balaban J connectivity index is 2.23. The fourth-order valence-electron chi connectivity index (χ4n) is 1.87. The van der Waals surface area contributed by atoms with Crippen LogP contribution in [0.2, 0.25) is 0 Å². The summed E-state index contributed by atoms with van der Waals surface area (Å²) in [5, 5.41) is 0. The summed E-state index contributed by atoms with van der Waals surface area (Å²) in [5.41, 5.74) is 6.00. The number of aromatic amines is 1. The predicted octanol–water partition coefficient (Wildman–Crippen LogP) is 3.23. The monoisotopic (exact) mass is 263 g/mol. The smallest absolute Gasteiger partial charge is 0.186 e. The highest BCUT2D eigenvalue weighted by atomic mass is 19.2. The number of benzene rings is 2. The lowest BCUT2D eigenvalue weighted by Gasteiger charge is -1.99. The van der Waals surface area contributed by atoms with Crippen LogP contribution in [0.1, 0.15) is 0 Å². The average Bonchev–Trinajstić information content (AvgIpc) is 2.78. The van der Waals surface area contributed by atoms with Crippen molar-refractivity contribution in [2.75, 3.05) is 5.73 Å². The molecule has 0 aliphatic carbocycles. The molecule has 0 unspecified atom stereocenters. The van der Waals surface area contributed by atoms with Crippen molar-refractivity contribution in [3.8, 4) is 11.4 Å². The van der Waals surface area contributed by atoms with Crippen LogP contribution in [0.3, 0.4) is 0 Å². The van der Waals surface area contributed by atoms with Crippen molar-refractivity contribution in [1.82, 2.24) is 9.97 Å². The quantitative estimate of drug-likeness (QED) is 0.662. The highest BCUT2D eigenvalue weighted by Crippen LogP contribution is 2.26. The normalized spacial score (nSPS) is 11.1. The molecule has 1 aromatic heterocycles. The van der Waals surface area contributed by atoms with E-state index in [-0.39, 0.29) is 22.6 Å². The summed E-state index contributed by atoms with van der Waals surface area (Å²) < 4.78 is 40.3. The molecule has 96 valence electrons. The van der Waals surface area contributed by atoms with E-state index in [1.54, 1.807) is 0 Å².